The van der Waals surface area contributed by atoms with Gasteiger partial charge in [-0.3, -0.25) is 9.59 Å². The van der Waals surface area contributed by atoms with E-state index >= 15 is 0 Å². The molecule has 1 radical (unpaired) electrons. The van der Waals surface area contributed by atoms with E-state index in [2.05, 4.69) is 0 Å². The van der Waals surface area contributed by atoms with E-state index in [-0.39, 0.29) is 32.3 Å². The molecule has 0 saturated carbocycles. The molecule has 0 atom stereocenters. The van der Waals surface area contributed by atoms with Gasteiger partial charge in [-0.05, 0) is 19.5 Å². The largest absolute Gasteiger partial charge is 0.520 e. The Morgan fingerprint density at radius 3 is 2.19 bits per heavy atom. The fourth-order valence-corrected chi connectivity index (χ4v) is 2.16. The van der Waals surface area contributed by atoms with Crippen LogP contribution in [0.15, 0.2) is 0 Å². The first kappa shape index (κ1) is 15.1. The van der Waals surface area contributed by atoms with E-state index < -0.39 is 0 Å². The van der Waals surface area contributed by atoms with Gasteiger partial charge in [-0.1, -0.05) is 0 Å². The number of carbonyl (C=O) groups excluding carboxylic acids is 2. The Kier molecular flexibility index (Phi) is 6.23. The molecule has 2 aliphatic rings. The van der Waals surface area contributed by atoms with Gasteiger partial charge in [0.25, 0.3) is 6.47 Å². The molecular formula is C9H13N2O4Re-. The average Bonchev–Trinajstić information content (AvgIpc) is 2.60. The first-order valence-corrected chi connectivity index (χ1v) is 4.59. The molecule has 6 nitrogen and oxygen atoms in total. The standard InChI is InChI=1S/C8H11N2O2.CH2O2.Re/c11-6-9-2-1-8(3-9)4-10(5-8)7-12;2-1-3;/h7H,1-5H2;1H,(H,2,3);/q-1;;. The minimum atomic E-state index is -0.250. The van der Waals surface area contributed by atoms with Crippen molar-refractivity contribution < 1.29 is 39.9 Å². The molecule has 16 heavy (non-hydrogen) atoms. The van der Waals surface area contributed by atoms with Crippen LogP contribution in [0.5, 0.6) is 0 Å². The summed E-state index contributed by atoms with van der Waals surface area (Å²) in [5.74, 6) is 0. The number of hydrogen-bond acceptors (Lipinski definition) is 3. The van der Waals surface area contributed by atoms with Crippen molar-refractivity contribution in [3.05, 3.63) is 0 Å². The van der Waals surface area contributed by atoms with E-state index in [4.69, 9.17) is 9.90 Å². The summed E-state index contributed by atoms with van der Waals surface area (Å²) in [7, 11) is 0. The zero-order chi connectivity index (χ0) is 11.3. The molecule has 2 amide bonds. The Morgan fingerprint density at radius 1 is 1.25 bits per heavy atom. The van der Waals surface area contributed by atoms with Gasteiger partial charge in [-0.25, -0.2) is 0 Å². The normalized spacial score (nSPS) is 20.0. The predicted molar refractivity (Wildman–Crippen MR) is 50.6 cm³/mol. The summed E-state index contributed by atoms with van der Waals surface area (Å²) >= 11 is 0. The third-order valence-corrected chi connectivity index (χ3v) is 2.79. The molecule has 2 saturated heterocycles. The van der Waals surface area contributed by atoms with Crippen LogP contribution in [0.4, 0.5) is 0 Å². The third kappa shape index (κ3) is 3.29. The Labute approximate surface area is 107 Å². The zero-order valence-electron chi connectivity index (χ0n) is 8.63. The maximum atomic E-state index is 10.3. The van der Waals surface area contributed by atoms with Crippen LogP contribution in [-0.4, -0.2) is 60.4 Å². The van der Waals surface area contributed by atoms with Gasteiger partial charge in [-0.15, -0.1) is 0 Å². The molecule has 2 rings (SSSR count). The second kappa shape index (κ2) is 6.61. The summed E-state index contributed by atoms with van der Waals surface area (Å²) in [5, 5.41) is 6.89. The monoisotopic (exact) mass is 400 g/mol. The van der Waals surface area contributed by atoms with E-state index in [1.165, 1.54) is 0 Å². The Balaban J connectivity index is 0.000000511. The second-order valence-electron chi connectivity index (χ2n) is 3.88. The Hall–Kier alpha value is -0.928. The minimum Gasteiger partial charge on any atom is -0.520 e. The van der Waals surface area contributed by atoms with Crippen LogP contribution in [-0.2, 0) is 34.8 Å². The van der Waals surface area contributed by atoms with E-state index in [0.29, 0.717) is 0 Å². The summed E-state index contributed by atoms with van der Waals surface area (Å²) in [6.07, 6.45) is 3.79. The van der Waals surface area contributed by atoms with Crippen molar-refractivity contribution in [2.24, 2.45) is 5.41 Å². The molecule has 7 heteroatoms. The molecular weight excluding hydrogens is 386 g/mol. The minimum absolute atomic E-state index is 0. The van der Waals surface area contributed by atoms with Gasteiger partial charge < -0.3 is 19.7 Å². The molecule has 0 unspecified atom stereocenters. The van der Waals surface area contributed by atoms with Gasteiger partial charge >= 0.3 is 0 Å². The first-order chi connectivity index (χ1) is 7.19. The summed E-state index contributed by atoms with van der Waals surface area (Å²) in [5.41, 5.74) is 0.221. The zero-order valence-corrected chi connectivity index (χ0v) is 11.4. The average molecular weight is 399 g/mol. The predicted octanol–water partition coefficient (Wildman–Crippen LogP) is -1.08. The fraction of sp³-hybridized carbons (Fsp3) is 0.667. The van der Waals surface area contributed by atoms with Crippen LogP contribution in [0.1, 0.15) is 6.42 Å². The second-order valence-corrected chi connectivity index (χ2v) is 3.88. The number of likely N-dealkylation sites (tertiary alicyclic amines) is 2. The van der Waals surface area contributed by atoms with Gasteiger partial charge in [0.05, 0.1) is 0 Å². The van der Waals surface area contributed by atoms with Crippen molar-refractivity contribution in [2.75, 3.05) is 26.2 Å². The van der Waals surface area contributed by atoms with E-state index in [0.717, 1.165) is 39.0 Å². The summed E-state index contributed by atoms with van der Waals surface area (Å²) in [6.45, 7) is 2.96. The van der Waals surface area contributed by atoms with Crippen molar-refractivity contribution in [3.8, 4) is 0 Å². The quantitative estimate of drug-likeness (QED) is 0.473. The van der Waals surface area contributed by atoms with Crippen LogP contribution in [0.3, 0.4) is 0 Å². The Bertz CT molecular complexity index is 256. The molecule has 0 bridgehead atoms. The molecule has 0 aromatic heterocycles. The summed E-state index contributed by atoms with van der Waals surface area (Å²) in [4.78, 5) is 32.4. The van der Waals surface area contributed by atoms with E-state index in [1.54, 1.807) is 9.80 Å². The fourth-order valence-electron chi connectivity index (χ4n) is 2.16. The molecule has 0 aromatic carbocycles. The van der Waals surface area contributed by atoms with Gasteiger partial charge in [0.1, 0.15) is 0 Å². The molecule has 2 heterocycles. The number of carboxylic acid groups (broad SMARTS) is 1. The van der Waals surface area contributed by atoms with Crippen LogP contribution in [0, 0.1) is 5.41 Å². The molecule has 1 spiro atoms. The van der Waals surface area contributed by atoms with Crippen molar-refractivity contribution in [1.82, 2.24) is 9.80 Å². The van der Waals surface area contributed by atoms with Gasteiger partial charge in [0.2, 0.25) is 6.41 Å². The number of carbonyl (C=O) groups is 2. The van der Waals surface area contributed by atoms with E-state index in [9.17, 15) is 9.59 Å². The van der Waals surface area contributed by atoms with Crippen LogP contribution in [0.25, 0.3) is 0 Å². The smallest absolute Gasteiger partial charge is 0.290 e. The molecule has 2 aliphatic heterocycles. The van der Waals surface area contributed by atoms with E-state index in [1.807, 2.05) is 6.41 Å². The maximum absolute atomic E-state index is 10.3. The molecule has 91 valence electrons. The first-order valence-electron chi connectivity index (χ1n) is 4.59. The molecule has 1 N–H and O–H groups in total. The molecule has 0 aliphatic carbocycles. The summed E-state index contributed by atoms with van der Waals surface area (Å²) in [6, 6.07) is 0. The van der Waals surface area contributed by atoms with Crippen LogP contribution in [0.2, 0.25) is 0 Å². The maximum Gasteiger partial charge on any atom is 0.290 e. The van der Waals surface area contributed by atoms with Gasteiger partial charge in [0.15, 0.2) is 0 Å². The number of nitrogens with zero attached hydrogens (tertiary/aromatic N) is 2. The summed E-state index contributed by atoms with van der Waals surface area (Å²) < 4.78 is 0. The number of amides is 2. The number of rotatable bonds is 2. The van der Waals surface area contributed by atoms with Crippen molar-refractivity contribution in [3.63, 3.8) is 0 Å². The van der Waals surface area contributed by atoms with Gasteiger partial charge in [-0.2, -0.15) is 6.41 Å². The molecule has 2 fully saturated rings. The van der Waals surface area contributed by atoms with Crippen LogP contribution < -0.4 is 0 Å². The van der Waals surface area contributed by atoms with Crippen molar-refractivity contribution in [1.29, 1.82) is 0 Å². The van der Waals surface area contributed by atoms with Crippen molar-refractivity contribution >= 4 is 19.3 Å². The SMILES string of the molecule is O=CO.O=[C-]N1CCC2(C1)CN(C=O)C2.[Re]. The topological polar surface area (TPSA) is 77.9 Å². The third-order valence-electron chi connectivity index (χ3n) is 2.79. The molecule has 0 aromatic rings. The van der Waals surface area contributed by atoms with Gasteiger partial charge in [0, 0.05) is 38.9 Å². The number of hydrogen-bond donors (Lipinski definition) is 1. The van der Waals surface area contributed by atoms with Crippen LogP contribution >= 0.6 is 0 Å². The van der Waals surface area contributed by atoms with Crippen molar-refractivity contribution in [2.45, 2.75) is 6.42 Å². The Morgan fingerprint density at radius 2 is 1.81 bits per heavy atom.